The van der Waals surface area contributed by atoms with Crippen molar-refractivity contribution >= 4 is 11.6 Å². The molecular weight excluding hydrogens is 397 g/mol. The van der Waals surface area contributed by atoms with Crippen LogP contribution < -0.4 is 10.1 Å². The van der Waals surface area contributed by atoms with Gasteiger partial charge < -0.3 is 10.1 Å². The third-order valence-corrected chi connectivity index (χ3v) is 8.20. The number of rotatable bonds is 7. The van der Waals surface area contributed by atoms with E-state index in [0.717, 1.165) is 35.6 Å². The van der Waals surface area contributed by atoms with Gasteiger partial charge in [0, 0.05) is 28.7 Å². The monoisotopic (exact) mass is 427 g/mol. The molecule has 4 heteroatoms. The Morgan fingerprint density at radius 3 is 2.37 bits per heavy atom. The van der Waals surface area contributed by atoms with Gasteiger partial charge in [0.15, 0.2) is 0 Å². The molecule has 2 aromatic rings. The van der Waals surface area contributed by atoms with Gasteiger partial charge in [0.2, 0.25) is 0 Å². The maximum atomic E-state index is 14.0. The lowest BCUT2D eigenvalue weighted by Crippen LogP contribution is -2.54. The zero-order chi connectivity index (χ0) is 20.7. The largest absolute Gasteiger partial charge is 0.488 e. The van der Waals surface area contributed by atoms with Gasteiger partial charge in [-0.2, -0.15) is 0 Å². The van der Waals surface area contributed by atoms with E-state index in [-0.39, 0.29) is 12.4 Å². The van der Waals surface area contributed by atoms with Gasteiger partial charge in [-0.1, -0.05) is 29.8 Å². The predicted octanol–water partition coefficient (Wildman–Crippen LogP) is 6.75. The number of hydrogen-bond donors (Lipinski definition) is 1. The van der Waals surface area contributed by atoms with Crippen LogP contribution in [0, 0.1) is 29.0 Å². The van der Waals surface area contributed by atoms with E-state index in [4.69, 9.17) is 16.3 Å². The molecule has 4 bridgehead atoms. The van der Waals surface area contributed by atoms with Crippen LogP contribution in [0.1, 0.15) is 56.6 Å². The van der Waals surface area contributed by atoms with Crippen LogP contribution in [0.5, 0.6) is 5.75 Å². The van der Waals surface area contributed by atoms with Gasteiger partial charge in [0.1, 0.15) is 18.2 Å². The minimum absolute atomic E-state index is 0.214. The Labute approximate surface area is 184 Å². The van der Waals surface area contributed by atoms with E-state index in [1.54, 1.807) is 12.1 Å². The van der Waals surface area contributed by atoms with Gasteiger partial charge in [0.25, 0.3) is 0 Å². The first-order chi connectivity index (χ1) is 14.5. The van der Waals surface area contributed by atoms with Crippen molar-refractivity contribution in [2.45, 2.75) is 64.6 Å². The van der Waals surface area contributed by atoms with Crippen molar-refractivity contribution in [2.24, 2.45) is 23.2 Å². The SMILES string of the molecule is C[C@H](NCc1cc(Cl)ccc1OCc1ccccc1F)C12CC3CC(CC(C3)C1)C2. The van der Waals surface area contributed by atoms with Gasteiger partial charge in [-0.05, 0) is 92.9 Å². The van der Waals surface area contributed by atoms with E-state index in [2.05, 4.69) is 12.2 Å². The molecule has 4 aliphatic rings. The molecule has 1 atom stereocenters. The number of hydrogen-bond acceptors (Lipinski definition) is 2. The fourth-order valence-corrected chi connectivity index (χ4v) is 6.98. The van der Waals surface area contributed by atoms with E-state index in [1.165, 1.54) is 44.6 Å². The minimum Gasteiger partial charge on any atom is -0.488 e. The molecule has 4 aliphatic carbocycles. The quantitative estimate of drug-likeness (QED) is 0.527. The van der Waals surface area contributed by atoms with Crippen LogP contribution >= 0.6 is 11.6 Å². The van der Waals surface area contributed by atoms with Gasteiger partial charge in [-0.3, -0.25) is 0 Å². The molecule has 0 radical (unpaired) electrons. The zero-order valence-corrected chi connectivity index (χ0v) is 18.4. The van der Waals surface area contributed by atoms with Gasteiger partial charge in [-0.15, -0.1) is 0 Å². The molecule has 0 spiro atoms. The molecule has 4 fully saturated rings. The highest BCUT2D eigenvalue weighted by atomic mass is 35.5. The molecule has 6 rings (SSSR count). The summed E-state index contributed by atoms with van der Waals surface area (Å²) in [5.74, 6) is 3.39. The molecule has 0 aromatic heterocycles. The lowest BCUT2D eigenvalue weighted by molar-refractivity contribution is -0.0706. The molecule has 2 nitrogen and oxygen atoms in total. The number of halogens is 2. The van der Waals surface area contributed by atoms with Crippen LogP contribution in [0.15, 0.2) is 42.5 Å². The third-order valence-electron chi connectivity index (χ3n) is 7.97. The molecule has 30 heavy (non-hydrogen) atoms. The van der Waals surface area contributed by atoms with Crippen molar-refractivity contribution in [2.75, 3.05) is 0 Å². The van der Waals surface area contributed by atoms with Crippen molar-refractivity contribution in [3.63, 3.8) is 0 Å². The van der Waals surface area contributed by atoms with Crippen LogP contribution in [-0.2, 0) is 13.2 Å². The van der Waals surface area contributed by atoms with Crippen molar-refractivity contribution in [3.8, 4) is 5.75 Å². The predicted molar refractivity (Wildman–Crippen MR) is 119 cm³/mol. The molecule has 0 unspecified atom stereocenters. The first kappa shape index (κ1) is 20.3. The second-order valence-corrected chi connectivity index (χ2v) is 10.5. The van der Waals surface area contributed by atoms with Crippen LogP contribution in [-0.4, -0.2) is 6.04 Å². The fourth-order valence-electron chi connectivity index (χ4n) is 6.79. The summed E-state index contributed by atoms with van der Waals surface area (Å²) in [4.78, 5) is 0. The highest BCUT2D eigenvalue weighted by Gasteiger charge is 2.52. The van der Waals surface area contributed by atoms with Crippen molar-refractivity contribution in [3.05, 3.63) is 64.4 Å². The van der Waals surface area contributed by atoms with E-state index in [9.17, 15) is 4.39 Å². The summed E-state index contributed by atoms with van der Waals surface area (Å²) in [6, 6.07) is 12.9. The smallest absolute Gasteiger partial charge is 0.129 e. The molecule has 0 amide bonds. The second kappa shape index (κ2) is 8.16. The maximum Gasteiger partial charge on any atom is 0.129 e. The molecule has 2 aromatic carbocycles. The topological polar surface area (TPSA) is 21.3 Å². The molecule has 1 N–H and O–H groups in total. The molecular formula is C26H31ClFNO. The fraction of sp³-hybridized carbons (Fsp3) is 0.538. The first-order valence-corrected chi connectivity index (χ1v) is 11.8. The Bertz CT molecular complexity index is 878. The van der Waals surface area contributed by atoms with Crippen LogP contribution in [0.3, 0.4) is 0 Å². The van der Waals surface area contributed by atoms with Crippen molar-refractivity contribution < 1.29 is 9.13 Å². The second-order valence-electron chi connectivity index (χ2n) is 10.0. The number of nitrogens with one attached hydrogen (secondary N) is 1. The van der Waals surface area contributed by atoms with Crippen LogP contribution in [0.4, 0.5) is 4.39 Å². The Hall–Kier alpha value is -1.58. The Kier molecular flexibility index (Phi) is 5.53. The van der Waals surface area contributed by atoms with Gasteiger partial charge in [0.05, 0.1) is 0 Å². The van der Waals surface area contributed by atoms with Crippen molar-refractivity contribution in [1.29, 1.82) is 0 Å². The van der Waals surface area contributed by atoms with E-state index in [1.807, 2.05) is 24.3 Å². The van der Waals surface area contributed by atoms with Crippen LogP contribution in [0.2, 0.25) is 5.02 Å². The van der Waals surface area contributed by atoms with E-state index >= 15 is 0 Å². The van der Waals surface area contributed by atoms with Gasteiger partial charge in [-0.25, -0.2) is 4.39 Å². The normalized spacial score (nSPS) is 30.4. The number of ether oxygens (including phenoxy) is 1. The zero-order valence-electron chi connectivity index (χ0n) is 17.7. The Balaban J connectivity index is 1.27. The Morgan fingerprint density at radius 2 is 1.70 bits per heavy atom. The molecule has 0 saturated heterocycles. The summed E-state index contributed by atoms with van der Waals surface area (Å²) in [6.07, 6.45) is 8.56. The summed E-state index contributed by atoms with van der Waals surface area (Å²) in [5, 5.41) is 4.52. The highest BCUT2D eigenvalue weighted by molar-refractivity contribution is 6.30. The maximum absolute atomic E-state index is 14.0. The molecule has 0 heterocycles. The summed E-state index contributed by atoms with van der Waals surface area (Å²) in [5.41, 5.74) is 2.06. The molecule has 0 aliphatic heterocycles. The van der Waals surface area contributed by atoms with Crippen LogP contribution in [0.25, 0.3) is 0 Å². The van der Waals surface area contributed by atoms with E-state index in [0.29, 0.717) is 22.0 Å². The summed E-state index contributed by atoms with van der Waals surface area (Å²) in [6.45, 7) is 3.31. The molecule has 4 saturated carbocycles. The third kappa shape index (κ3) is 3.99. The summed E-state index contributed by atoms with van der Waals surface area (Å²) >= 11 is 6.29. The minimum atomic E-state index is -0.235. The molecule has 160 valence electrons. The standard InChI is InChI=1S/C26H31ClFNO/c1-17(26-12-18-8-19(13-26)10-20(9-18)14-26)29-15-22-11-23(27)6-7-25(22)30-16-21-4-2-3-5-24(21)28/h2-7,11,17-20,29H,8-10,12-16H2,1H3/t17-,18?,19?,20?,26?/m0/s1. The van der Waals surface area contributed by atoms with Gasteiger partial charge >= 0.3 is 0 Å². The highest BCUT2D eigenvalue weighted by Crippen LogP contribution is 2.61. The first-order valence-electron chi connectivity index (χ1n) is 11.4. The van der Waals surface area contributed by atoms with E-state index < -0.39 is 0 Å². The Morgan fingerprint density at radius 1 is 1.03 bits per heavy atom. The lowest BCUT2D eigenvalue weighted by Gasteiger charge is -2.59. The summed E-state index contributed by atoms with van der Waals surface area (Å²) in [7, 11) is 0. The lowest BCUT2D eigenvalue weighted by atomic mass is 9.48. The number of benzene rings is 2. The van der Waals surface area contributed by atoms with Crippen molar-refractivity contribution in [1.82, 2.24) is 5.32 Å². The average molecular weight is 428 g/mol. The average Bonchev–Trinajstić information content (AvgIpc) is 2.71. The summed E-state index contributed by atoms with van der Waals surface area (Å²) < 4.78 is 20.0.